The van der Waals surface area contributed by atoms with E-state index >= 15 is 0 Å². The molecule has 0 aromatic rings. The van der Waals surface area contributed by atoms with Gasteiger partial charge < -0.3 is 5.32 Å². The molecule has 0 aliphatic carbocycles. The van der Waals surface area contributed by atoms with Crippen molar-refractivity contribution >= 4 is 5.78 Å². The van der Waals surface area contributed by atoms with Crippen molar-refractivity contribution in [2.75, 3.05) is 13.6 Å². The third-order valence-electron chi connectivity index (χ3n) is 1.88. The minimum Gasteiger partial charge on any atom is -0.320 e. The Morgan fingerprint density at radius 3 is 2.50 bits per heavy atom. The van der Waals surface area contributed by atoms with Gasteiger partial charge in [-0.05, 0) is 32.4 Å². The van der Waals surface area contributed by atoms with Crippen LogP contribution in [0, 0.1) is 5.92 Å². The number of carbonyl (C=O) groups is 1. The zero-order valence-electron chi connectivity index (χ0n) is 8.52. The number of ketones is 1. The summed E-state index contributed by atoms with van der Waals surface area (Å²) in [5.41, 5.74) is 0. The number of nitrogens with one attached hydrogen (secondary N) is 1. The van der Waals surface area contributed by atoms with E-state index in [1.807, 2.05) is 7.05 Å². The standard InChI is InChI=1S/C10H21NO/c1-9(2)6-7-10(12)5-4-8-11-3/h9,11H,4-8H2,1-3H3. The van der Waals surface area contributed by atoms with E-state index < -0.39 is 0 Å². The molecule has 0 radical (unpaired) electrons. The summed E-state index contributed by atoms with van der Waals surface area (Å²) in [6.45, 7) is 5.26. The first-order chi connectivity index (χ1) is 5.66. The molecule has 0 saturated heterocycles. The summed E-state index contributed by atoms with van der Waals surface area (Å²) < 4.78 is 0. The molecule has 0 heterocycles. The molecule has 2 nitrogen and oxygen atoms in total. The summed E-state index contributed by atoms with van der Waals surface area (Å²) in [6.07, 6.45) is 3.53. The number of carbonyl (C=O) groups excluding carboxylic acids is 1. The fourth-order valence-electron chi connectivity index (χ4n) is 1.04. The highest BCUT2D eigenvalue weighted by Gasteiger charge is 2.02. The van der Waals surface area contributed by atoms with Crippen molar-refractivity contribution in [1.29, 1.82) is 0 Å². The highest BCUT2D eigenvalue weighted by molar-refractivity contribution is 5.78. The maximum Gasteiger partial charge on any atom is 0.132 e. The van der Waals surface area contributed by atoms with E-state index in [2.05, 4.69) is 19.2 Å². The molecule has 0 unspecified atom stereocenters. The quantitative estimate of drug-likeness (QED) is 0.593. The molecule has 0 rings (SSSR count). The fourth-order valence-corrected chi connectivity index (χ4v) is 1.04. The van der Waals surface area contributed by atoms with Gasteiger partial charge in [0.25, 0.3) is 0 Å². The molecule has 0 aromatic heterocycles. The molecule has 0 aliphatic heterocycles. The van der Waals surface area contributed by atoms with Crippen molar-refractivity contribution in [3.63, 3.8) is 0 Å². The zero-order chi connectivity index (χ0) is 9.40. The first-order valence-electron chi connectivity index (χ1n) is 4.83. The third kappa shape index (κ3) is 7.73. The lowest BCUT2D eigenvalue weighted by Crippen LogP contribution is -2.10. The molecule has 0 atom stereocenters. The monoisotopic (exact) mass is 171 g/mol. The van der Waals surface area contributed by atoms with Gasteiger partial charge in [-0.25, -0.2) is 0 Å². The van der Waals surface area contributed by atoms with Crippen LogP contribution in [-0.2, 0) is 4.79 Å². The molecule has 12 heavy (non-hydrogen) atoms. The highest BCUT2D eigenvalue weighted by Crippen LogP contribution is 2.06. The smallest absolute Gasteiger partial charge is 0.132 e. The van der Waals surface area contributed by atoms with Crippen LogP contribution in [-0.4, -0.2) is 19.4 Å². The van der Waals surface area contributed by atoms with E-state index in [0.717, 1.165) is 32.2 Å². The lowest BCUT2D eigenvalue weighted by Gasteiger charge is -2.03. The molecular formula is C10H21NO. The Morgan fingerprint density at radius 1 is 1.33 bits per heavy atom. The Hall–Kier alpha value is -0.370. The van der Waals surface area contributed by atoms with Crippen LogP contribution < -0.4 is 5.32 Å². The van der Waals surface area contributed by atoms with E-state index in [9.17, 15) is 4.79 Å². The molecule has 0 aromatic carbocycles. The average molecular weight is 171 g/mol. The van der Waals surface area contributed by atoms with Gasteiger partial charge in [-0.1, -0.05) is 13.8 Å². The van der Waals surface area contributed by atoms with Crippen LogP contribution in [0.3, 0.4) is 0 Å². The summed E-state index contributed by atoms with van der Waals surface area (Å²) in [7, 11) is 1.92. The molecule has 0 aliphatic rings. The van der Waals surface area contributed by atoms with Gasteiger partial charge in [0.05, 0.1) is 0 Å². The Kier molecular flexibility index (Phi) is 7.06. The molecule has 72 valence electrons. The Bertz CT molecular complexity index is 121. The van der Waals surface area contributed by atoms with E-state index in [1.165, 1.54) is 0 Å². The molecule has 0 bridgehead atoms. The predicted octanol–water partition coefficient (Wildman–Crippen LogP) is 1.99. The lowest BCUT2D eigenvalue weighted by molar-refractivity contribution is -0.119. The van der Waals surface area contributed by atoms with Crippen molar-refractivity contribution < 1.29 is 4.79 Å². The van der Waals surface area contributed by atoms with Crippen LogP contribution in [0.4, 0.5) is 0 Å². The maximum absolute atomic E-state index is 11.2. The van der Waals surface area contributed by atoms with Gasteiger partial charge in [-0.15, -0.1) is 0 Å². The third-order valence-corrected chi connectivity index (χ3v) is 1.88. The van der Waals surface area contributed by atoms with E-state index in [0.29, 0.717) is 11.7 Å². The maximum atomic E-state index is 11.2. The van der Waals surface area contributed by atoms with Crippen LogP contribution in [0.25, 0.3) is 0 Å². The van der Waals surface area contributed by atoms with Crippen molar-refractivity contribution in [3.05, 3.63) is 0 Å². The van der Waals surface area contributed by atoms with Crippen LogP contribution >= 0.6 is 0 Å². The van der Waals surface area contributed by atoms with Crippen molar-refractivity contribution in [3.8, 4) is 0 Å². The molecule has 2 heteroatoms. The van der Waals surface area contributed by atoms with Gasteiger partial charge in [0.15, 0.2) is 0 Å². The number of rotatable bonds is 7. The number of Topliss-reactive ketones (excluding diaryl/α,β-unsaturated/α-hetero) is 1. The van der Waals surface area contributed by atoms with Crippen LogP contribution in [0.15, 0.2) is 0 Å². The second-order valence-corrected chi connectivity index (χ2v) is 3.68. The minimum atomic E-state index is 0.416. The Morgan fingerprint density at radius 2 is 2.00 bits per heavy atom. The van der Waals surface area contributed by atoms with Gasteiger partial charge in [0.2, 0.25) is 0 Å². The summed E-state index contributed by atoms with van der Waals surface area (Å²) in [5.74, 6) is 1.07. The lowest BCUT2D eigenvalue weighted by atomic mass is 10.0. The summed E-state index contributed by atoms with van der Waals surface area (Å²) in [6, 6.07) is 0. The molecule has 0 saturated carbocycles. The first-order valence-corrected chi connectivity index (χ1v) is 4.83. The fraction of sp³-hybridized carbons (Fsp3) is 0.900. The molecule has 0 fully saturated rings. The SMILES string of the molecule is CNCCCC(=O)CCC(C)C. The van der Waals surface area contributed by atoms with E-state index in [1.54, 1.807) is 0 Å². The first kappa shape index (κ1) is 11.6. The van der Waals surface area contributed by atoms with Crippen LogP contribution in [0.1, 0.15) is 39.5 Å². The molecule has 0 amide bonds. The van der Waals surface area contributed by atoms with Crippen molar-refractivity contribution in [2.45, 2.75) is 39.5 Å². The van der Waals surface area contributed by atoms with Gasteiger partial charge in [0.1, 0.15) is 5.78 Å². The largest absolute Gasteiger partial charge is 0.320 e. The number of hydrogen-bond donors (Lipinski definition) is 1. The van der Waals surface area contributed by atoms with Crippen LogP contribution in [0.5, 0.6) is 0 Å². The topological polar surface area (TPSA) is 29.1 Å². The Labute approximate surface area is 75.7 Å². The summed E-state index contributed by atoms with van der Waals surface area (Å²) in [4.78, 5) is 11.2. The predicted molar refractivity (Wildman–Crippen MR) is 52.2 cm³/mol. The van der Waals surface area contributed by atoms with Gasteiger partial charge >= 0.3 is 0 Å². The van der Waals surface area contributed by atoms with Gasteiger partial charge in [0, 0.05) is 12.8 Å². The second-order valence-electron chi connectivity index (χ2n) is 3.68. The molecule has 1 N–H and O–H groups in total. The van der Waals surface area contributed by atoms with E-state index in [-0.39, 0.29) is 0 Å². The second kappa shape index (κ2) is 7.29. The zero-order valence-corrected chi connectivity index (χ0v) is 8.52. The number of hydrogen-bond acceptors (Lipinski definition) is 2. The van der Waals surface area contributed by atoms with Gasteiger partial charge in [-0.2, -0.15) is 0 Å². The normalized spacial score (nSPS) is 10.7. The van der Waals surface area contributed by atoms with Gasteiger partial charge in [-0.3, -0.25) is 4.79 Å². The van der Waals surface area contributed by atoms with Crippen molar-refractivity contribution in [2.24, 2.45) is 5.92 Å². The summed E-state index contributed by atoms with van der Waals surface area (Å²) >= 11 is 0. The average Bonchev–Trinajstić information content (AvgIpc) is 2.01. The summed E-state index contributed by atoms with van der Waals surface area (Å²) in [5, 5.41) is 3.04. The minimum absolute atomic E-state index is 0.416. The molecule has 0 spiro atoms. The van der Waals surface area contributed by atoms with Crippen molar-refractivity contribution in [1.82, 2.24) is 5.32 Å². The van der Waals surface area contributed by atoms with E-state index in [4.69, 9.17) is 0 Å². The highest BCUT2D eigenvalue weighted by atomic mass is 16.1. The van der Waals surface area contributed by atoms with Crippen LogP contribution in [0.2, 0.25) is 0 Å². The Balaban J connectivity index is 3.22. The molecular weight excluding hydrogens is 150 g/mol.